The van der Waals surface area contributed by atoms with Crippen molar-refractivity contribution in [3.05, 3.63) is 35.6 Å². The molecule has 0 atom stereocenters. The van der Waals surface area contributed by atoms with Crippen LogP contribution in [0.3, 0.4) is 0 Å². The average molecular weight is 201 g/mol. The number of aromatic nitrogens is 1. The van der Waals surface area contributed by atoms with E-state index in [9.17, 15) is 12.9 Å². The molecule has 0 aliphatic rings. The number of nitrogens with two attached hydrogens (primary N) is 1. The minimum atomic E-state index is -4.87. The van der Waals surface area contributed by atoms with E-state index in [0.29, 0.717) is 11.3 Å². The topological polar surface area (TPSA) is 38.9 Å². The molecule has 0 aliphatic carbocycles. The summed E-state index contributed by atoms with van der Waals surface area (Å²) in [5.41, 5.74) is 6.36. The van der Waals surface area contributed by atoms with E-state index in [1.165, 1.54) is 6.20 Å². The maximum atomic E-state index is 11.8. The molecule has 0 saturated heterocycles. The van der Waals surface area contributed by atoms with E-state index in [2.05, 4.69) is 4.98 Å². The molecule has 0 amide bonds. The Balaban J connectivity index is 2.74. The minimum Gasteiger partial charge on any atom is -0.445 e. The van der Waals surface area contributed by atoms with Crippen LogP contribution in [0.25, 0.3) is 6.08 Å². The zero-order chi connectivity index (χ0) is 10.6. The van der Waals surface area contributed by atoms with E-state index in [4.69, 9.17) is 5.73 Å². The fourth-order valence-electron chi connectivity index (χ4n) is 0.875. The summed E-state index contributed by atoms with van der Waals surface area (Å²) in [6.07, 6.45) is 2.35. The van der Waals surface area contributed by atoms with E-state index in [0.717, 1.165) is 6.08 Å². The lowest BCUT2D eigenvalue weighted by atomic mass is 9.91. The van der Waals surface area contributed by atoms with Crippen LogP contribution in [0.4, 0.5) is 12.9 Å². The first-order valence-electron chi connectivity index (χ1n) is 4.05. The van der Waals surface area contributed by atoms with Crippen molar-refractivity contribution in [2.75, 3.05) is 0 Å². The zero-order valence-electron chi connectivity index (χ0n) is 7.33. The van der Waals surface area contributed by atoms with Gasteiger partial charge in [0, 0.05) is 12.7 Å². The molecule has 6 heteroatoms. The number of pyridine rings is 1. The van der Waals surface area contributed by atoms with E-state index in [1.54, 1.807) is 12.1 Å². The van der Waals surface area contributed by atoms with Crippen molar-refractivity contribution in [2.45, 2.75) is 6.54 Å². The third-order valence-electron chi connectivity index (χ3n) is 1.56. The quantitative estimate of drug-likeness (QED) is 0.758. The van der Waals surface area contributed by atoms with Gasteiger partial charge in [0.1, 0.15) is 0 Å². The molecular weight excluding hydrogens is 192 g/mol. The summed E-state index contributed by atoms with van der Waals surface area (Å²) in [6.45, 7) is -4.59. The molecule has 14 heavy (non-hydrogen) atoms. The van der Waals surface area contributed by atoms with E-state index < -0.39 is 6.98 Å². The molecule has 0 bridgehead atoms. The lowest BCUT2D eigenvalue weighted by molar-refractivity contribution is 0.499. The van der Waals surface area contributed by atoms with Crippen molar-refractivity contribution in [1.29, 1.82) is 0 Å². The fraction of sp³-hybridized carbons (Fsp3) is 0.125. The molecule has 76 valence electrons. The predicted octanol–water partition coefficient (Wildman–Crippen LogP) is 1.94. The molecular formula is C8H9BF3N2-. The van der Waals surface area contributed by atoms with Gasteiger partial charge in [0.15, 0.2) is 0 Å². The molecule has 1 aromatic heterocycles. The van der Waals surface area contributed by atoms with Gasteiger partial charge in [-0.2, -0.15) is 0 Å². The molecule has 0 spiro atoms. The van der Waals surface area contributed by atoms with Crippen LogP contribution in [0, 0.1) is 0 Å². The van der Waals surface area contributed by atoms with E-state index >= 15 is 0 Å². The second kappa shape index (κ2) is 4.28. The number of hydrogen-bond donors (Lipinski definition) is 1. The van der Waals surface area contributed by atoms with Crippen molar-refractivity contribution in [3.63, 3.8) is 0 Å². The molecule has 1 rings (SSSR count). The molecule has 0 unspecified atom stereocenters. The Labute approximate surface area is 79.7 Å². The van der Waals surface area contributed by atoms with Crippen molar-refractivity contribution >= 4 is 13.1 Å². The first-order chi connectivity index (χ1) is 6.51. The van der Waals surface area contributed by atoms with Gasteiger partial charge >= 0.3 is 6.98 Å². The van der Waals surface area contributed by atoms with Crippen molar-refractivity contribution in [1.82, 2.24) is 4.98 Å². The zero-order valence-corrected chi connectivity index (χ0v) is 7.33. The Bertz CT molecular complexity index is 318. The van der Waals surface area contributed by atoms with Crippen LogP contribution in [0.15, 0.2) is 24.3 Å². The first kappa shape index (κ1) is 10.8. The van der Waals surface area contributed by atoms with Gasteiger partial charge in [-0.3, -0.25) is 4.98 Å². The Kier molecular flexibility index (Phi) is 3.30. The van der Waals surface area contributed by atoms with E-state index in [1.807, 2.05) is 0 Å². The highest BCUT2D eigenvalue weighted by Crippen LogP contribution is 2.12. The normalized spacial score (nSPS) is 12.3. The number of halogens is 3. The summed E-state index contributed by atoms with van der Waals surface area (Å²) in [6, 6.07) is 3.15. The van der Waals surface area contributed by atoms with Crippen molar-refractivity contribution in [2.24, 2.45) is 5.73 Å². The van der Waals surface area contributed by atoms with Gasteiger partial charge in [-0.25, -0.2) is 0 Å². The molecule has 1 heterocycles. The SMILES string of the molecule is NCc1ccc(/C=C/[B-](F)(F)F)cn1. The highest BCUT2D eigenvalue weighted by Gasteiger charge is 2.16. The van der Waals surface area contributed by atoms with Crippen molar-refractivity contribution in [3.8, 4) is 0 Å². The monoisotopic (exact) mass is 201 g/mol. The molecule has 0 fully saturated rings. The number of hydrogen-bond acceptors (Lipinski definition) is 2. The van der Waals surface area contributed by atoms with Gasteiger partial charge in [0.25, 0.3) is 0 Å². The van der Waals surface area contributed by atoms with Crippen LogP contribution in [0.1, 0.15) is 11.3 Å². The van der Waals surface area contributed by atoms with Gasteiger partial charge in [0.2, 0.25) is 0 Å². The standard InChI is InChI=1S/C8H9BF3N2/c10-9(11,12)4-3-7-1-2-8(5-13)14-6-7/h1-4,6H,5,13H2/q-1/b4-3+. The summed E-state index contributed by atoms with van der Waals surface area (Å²) >= 11 is 0. The fourth-order valence-corrected chi connectivity index (χ4v) is 0.875. The second-order valence-corrected chi connectivity index (χ2v) is 2.77. The van der Waals surface area contributed by atoms with Crippen LogP contribution >= 0.6 is 0 Å². The van der Waals surface area contributed by atoms with Crippen LogP contribution in [-0.2, 0) is 6.54 Å². The highest BCUT2D eigenvalue weighted by atomic mass is 19.4. The third-order valence-corrected chi connectivity index (χ3v) is 1.56. The Morgan fingerprint density at radius 1 is 1.36 bits per heavy atom. The lowest BCUT2D eigenvalue weighted by Crippen LogP contribution is -2.09. The van der Waals surface area contributed by atoms with Crippen molar-refractivity contribution < 1.29 is 12.9 Å². The van der Waals surface area contributed by atoms with Crippen LogP contribution in [-0.4, -0.2) is 12.0 Å². The van der Waals surface area contributed by atoms with Gasteiger partial charge in [-0.1, -0.05) is 12.1 Å². The summed E-state index contributed by atoms with van der Waals surface area (Å²) in [5, 5.41) is 0. The highest BCUT2D eigenvalue weighted by molar-refractivity contribution is 6.64. The Morgan fingerprint density at radius 3 is 2.50 bits per heavy atom. The molecule has 0 aliphatic heterocycles. The molecule has 2 N–H and O–H groups in total. The Morgan fingerprint density at radius 2 is 2.07 bits per heavy atom. The summed E-state index contributed by atoms with van der Waals surface area (Å²) in [4.78, 5) is 3.86. The minimum absolute atomic E-state index is 0.235. The smallest absolute Gasteiger partial charge is 0.445 e. The second-order valence-electron chi connectivity index (χ2n) is 2.77. The van der Waals surface area contributed by atoms with Gasteiger partial charge < -0.3 is 18.7 Å². The summed E-state index contributed by atoms with van der Waals surface area (Å²) in [5.74, 6) is 0.235. The summed E-state index contributed by atoms with van der Waals surface area (Å²) < 4.78 is 35.5. The maximum absolute atomic E-state index is 11.8. The van der Waals surface area contributed by atoms with Gasteiger partial charge in [-0.15, -0.1) is 5.98 Å². The third kappa shape index (κ3) is 3.61. The van der Waals surface area contributed by atoms with Gasteiger partial charge in [-0.05, 0) is 11.6 Å². The Hall–Kier alpha value is -1.30. The molecule has 1 aromatic rings. The maximum Gasteiger partial charge on any atom is 0.502 e. The summed E-state index contributed by atoms with van der Waals surface area (Å²) in [7, 11) is 0. The molecule has 0 aromatic carbocycles. The lowest BCUT2D eigenvalue weighted by Gasteiger charge is -2.06. The van der Waals surface area contributed by atoms with Gasteiger partial charge in [0.05, 0.1) is 5.69 Å². The first-order valence-corrected chi connectivity index (χ1v) is 4.05. The predicted molar refractivity (Wildman–Crippen MR) is 50.2 cm³/mol. The largest absolute Gasteiger partial charge is 0.502 e. The van der Waals surface area contributed by atoms with Crippen LogP contribution < -0.4 is 5.73 Å². The van der Waals surface area contributed by atoms with Crippen LogP contribution in [0.5, 0.6) is 0 Å². The molecule has 0 radical (unpaired) electrons. The number of nitrogens with zero attached hydrogens (tertiary/aromatic N) is 1. The molecule has 0 saturated carbocycles. The van der Waals surface area contributed by atoms with Crippen LogP contribution in [0.2, 0.25) is 0 Å². The molecule has 2 nitrogen and oxygen atoms in total. The average Bonchev–Trinajstić information content (AvgIpc) is 2.14. The van der Waals surface area contributed by atoms with E-state index in [-0.39, 0.29) is 12.5 Å². The number of rotatable bonds is 3.